The molecule has 3 aromatic rings. The van der Waals surface area contributed by atoms with Crippen LogP contribution < -0.4 is 9.64 Å². The smallest absolute Gasteiger partial charge is 0.277 e. The molecule has 2 amide bonds. The van der Waals surface area contributed by atoms with Crippen molar-refractivity contribution in [3.8, 4) is 5.75 Å². The average Bonchev–Trinajstić information content (AvgIpc) is 2.91. The van der Waals surface area contributed by atoms with Crippen molar-refractivity contribution in [1.82, 2.24) is 0 Å². The predicted molar refractivity (Wildman–Crippen MR) is 107 cm³/mol. The van der Waals surface area contributed by atoms with Gasteiger partial charge in [0.2, 0.25) is 0 Å². The van der Waals surface area contributed by atoms with Gasteiger partial charge < -0.3 is 4.74 Å². The molecule has 0 aliphatic carbocycles. The second kappa shape index (κ2) is 6.89. The summed E-state index contributed by atoms with van der Waals surface area (Å²) in [5, 5.41) is 1.69. The van der Waals surface area contributed by atoms with E-state index in [1.54, 1.807) is 30.3 Å². The Balaban J connectivity index is 1.77. The quantitative estimate of drug-likeness (QED) is 0.616. The highest BCUT2D eigenvalue weighted by Gasteiger charge is 2.39. The van der Waals surface area contributed by atoms with Crippen LogP contribution in [0.5, 0.6) is 5.75 Å². The number of ether oxygens (including phenoxy) is 1. The summed E-state index contributed by atoms with van der Waals surface area (Å²) in [5.74, 6) is -0.243. The first-order valence-electron chi connectivity index (χ1n) is 8.61. The van der Waals surface area contributed by atoms with Gasteiger partial charge in [-0.25, -0.2) is 4.90 Å². The second-order valence-corrected chi connectivity index (χ2v) is 6.47. The largest absolute Gasteiger partial charge is 0.494 e. The summed E-state index contributed by atoms with van der Waals surface area (Å²) in [4.78, 5) is 27.1. The number of fused-ring (bicyclic) bond motifs is 1. The third-order valence-corrected chi connectivity index (χ3v) is 4.84. The fraction of sp³-hybridized carbons (Fsp3) is 0.0909. The normalized spacial score (nSPS) is 14.4. The Morgan fingerprint density at radius 1 is 0.889 bits per heavy atom. The number of carbonyl (C=O) groups is 2. The molecule has 0 bridgehead atoms. The van der Waals surface area contributed by atoms with Crippen LogP contribution in [0, 0.1) is 0 Å². The minimum absolute atomic E-state index is 0.0721. The Labute approximate surface area is 161 Å². The zero-order valence-corrected chi connectivity index (χ0v) is 15.4. The number of anilines is 1. The molecule has 1 heterocycles. The molecule has 0 unspecified atom stereocenters. The number of halogens is 1. The fourth-order valence-electron chi connectivity index (χ4n) is 3.26. The highest BCUT2D eigenvalue weighted by Crippen LogP contribution is 2.38. The Kier molecular flexibility index (Phi) is 4.42. The Morgan fingerprint density at radius 2 is 1.59 bits per heavy atom. The molecule has 134 valence electrons. The molecule has 0 N–H and O–H groups in total. The molecule has 0 saturated heterocycles. The predicted octanol–water partition coefficient (Wildman–Crippen LogP) is 4.76. The zero-order chi connectivity index (χ0) is 19.0. The Hall–Kier alpha value is -3.11. The van der Waals surface area contributed by atoms with E-state index in [0.29, 0.717) is 23.6 Å². The number of imide groups is 1. The van der Waals surface area contributed by atoms with E-state index in [4.69, 9.17) is 16.3 Å². The first-order chi connectivity index (χ1) is 13.1. The number of rotatable bonds is 4. The Morgan fingerprint density at radius 3 is 2.33 bits per heavy atom. The molecule has 0 atom stereocenters. The van der Waals surface area contributed by atoms with Gasteiger partial charge in [0.25, 0.3) is 11.8 Å². The molecule has 1 aliphatic rings. The van der Waals surface area contributed by atoms with Crippen LogP contribution >= 0.6 is 11.6 Å². The van der Waals surface area contributed by atoms with Crippen molar-refractivity contribution in [2.75, 3.05) is 11.5 Å². The maximum absolute atomic E-state index is 13.1. The summed E-state index contributed by atoms with van der Waals surface area (Å²) in [7, 11) is 0. The van der Waals surface area contributed by atoms with E-state index in [2.05, 4.69) is 0 Å². The molecule has 0 radical (unpaired) electrons. The summed E-state index contributed by atoms with van der Waals surface area (Å²) >= 11 is 6.29. The summed E-state index contributed by atoms with van der Waals surface area (Å²) < 4.78 is 5.43. The lowest BCUT2D eigenvalue weighted by Gasteiger charge is -2.17. The lowest BCUT2D eigenvalue weighted by molar-refractivity contribution is -0.119. The van der Waals surface area contributed by atoms with Crippen molar-refractivity contribution in [2.45, 2.75) is 6.92 Å². The zero-order valence-electron chi connectivity index (χ0n) is 14.6. The van der Waals surface area contributed by atoms with E-state index in [1.165, 1.54) is 0 Å². The Bertz CT molecular complexity index is 1080. The van der Waals surface area contributed by atoms with Crippen molar-refractivity contribution < 1.29 is 14.3 Å². The van der Waals surface area contributed by atoms with Crippen LogP contribution in [0.15, 0.2) is 71.8 Å². The highest BCUT2D eigenvalue weighted by molar-refractivity contribution is 6.60. The van der Waals surface area contributed by atoms with Gasteiger partial charge in [-0.2, -0.15) is 0 Å². The fourth-order valence-corrected chi connectivity index (χ4v) is 3.53. The topological polar surface area (TPSA) is 46.6 Å². The number of hydrogen-bond acceptors (Lipinski definition) is 3. The van der Waals surface area contributed by atoms with E-state index < -0.39 is 11.8 Å². The van der Waals surface area contributed by atoms with Gasteiger partial charge in [0, 0.05) is 5.39 Å². The molecular weight excluding hydrogens is 362 g/mol. The molecule has 5 heteroatoms. The van der Waals surface area contributed by atoms with Crippen molar-refractivity contribution in [3.63, 3.8) is 0 Å². The molecule has 0 saturated carbocycles. The van der Waals surface area contributed by atoms with Gasteiger partial charge in [0.05, 0.1) is 17.9 Å². The van der Waals surface area contributed by atoms with Gasteiger partial charge in [-0.15, -0.1) is 0 Å². The standard InChI is InChI=1S/C22H16ClNO3/c1-2-27-16-12-10-15(11-13-16)19-20(23)22(26)24(21(19)25)18-9-5-7-14-6-3-4-8-17(14)18/h3-13H,2H2,1H3. The number of hydrogen-bond donors (Lipinski definition) is 0. The van der Waals surface area contributed by atoms with E-state index in [1.807, 2.05) is 43.3 Å². The van der Waals surface area contributed by atoms with Crippen molar-refractivity contribution in [2.24, 2.45) is 0 Å². The number of nitrogens with zero attached hydrogens (tertiary/aromatic N) is 1. The average molecular weight is 378 g/mol. The summed E-state index contributed by atoms with van der Waals surface area (Å²) in [6.07, 6.45) is 0. The number of carbonyl (C=O) groups excluding carboxylic acids is 2. The first kappa shape index (κ1) is 17.3. The number of amides is 2. The first-order valence-corrected chi connectivity index (χ1v) is 8.99. The van der Waals surface area contributed by atoms with Crippen molar-refractivity contribution in [3.05, 3.63) is 77.3 Å². The number of benzene rings is 3. The van der Waals surface area contributed by atoms with E-state index >= 15 is 0 Å². The van der Waals surface area contributed by atoms with Crippen LogP contribution in [-0.4, -0.2) is 18.4 Å². The van der Waals surface area contributed by atoms with Gasteiger partial charge in [-0.1, -0.05) is 60.1 Å². The molecule has 0 aromatic heterocycles. The van der Waals surface area contributed by atoms with E-state index in [0.717, 1.165) is 15.7 Å². The van der Waals surface area contributed by atoms with Gasteiger partial charge in [-0.3, -0.25) is 9.59 Å². The molecule has 27 heavy (non-hydrogen) atoms. The van der Waals surface area contributed by atoms with Gasteiger partial charge in [0.1, 0.15) is 10.8 Å². The molecular formula is C22H16ClNO3. The van der Waals surface area contributed by atoms with Crippen LogP contribution in [0.25, 0.3) is 16.3 Å². The summed E-state index contributed by atoms with van der Waals surface area (Å²) in [6.45, 7) is 2.45. The maximum Gasteiger partial charge on any atom is 0.277 e. The lowest BCUT2D eigenvalue weighted by Crippen LogP contribution is -2.31. The van der Waals surface area contributed by atoms with E-state index in [9.17, 15) is 9.59 Å². The minimum atomic E-state index is -0.512. The summed E-state index contributed by atoms with van der Waals surface area (Å²) in [5.41, 5.74) is 1.32. The monoisotopic (exact) mass is 377 g/mol. The minimum Gasteiger partial charge on any atom is -0.494 e. The molecule has 0 spiro atoms. The molecule has 1 aliphatic heterocycles. The highest BCUT2D eigenvalue weighted by atomic mass is 35.5. The third-order valence-electron chi connectivity index (χ3n) is 4.49. The van der Waals surface area contributed by atoms with Crippen LogP contribution in [0.1, 0.15) is 12.5 Å². The van der Waals surface area contributed by atoms with Gasteiger partial charge in [-0.05, 0) is 36.1 Å². The second-order valence-electron chi connectivity index (χ2n) is 6.09. The van der Waals surface area contributed by atoms with E-state index in [-0.39, 0.29) is 10.6 Å². The van der Waals surface area contributed by atoms with Crippen molar-refractivity contribution in [1.29, 1.82) is 0 Å². The summed E-state index contributed by atoms with van der Waals surface area (Å²) in [6, 6.07) is 20.1. The molecule has 0 fully saturated rings. The van der Waals surface area contributed by atoms with Crippen molar-refractivity contribution >= 4 is 45.4 Å². The molecule has 4 rings (SSSR count). The third kappa shape index (κ3) is 2.88. The van der Waals surface area contributed by atoms with Gasteiger partial charge >= 0.3 is 0 Å². The van der Waals surface area contributed by atoms with Crippen LogP contribution in [0.3, 0.4) is 0 Å². The van der Waals surface area contributed by atoms with Gasteiger partial charge in [0.15, 0.2) is 0 Å². The molecule has 3 aromatic carbocycles. The van der Waals surface area contributed by atoms with Crippen LogP contribution in [0.2, 0.25) is 0 Å². The van der Waals surface area contributed by atoms with Crippen LogP contribution in [0.4, 0.5) is 5.69 Å². The molecule has 4 nitrogen and oxygen atoms in total. The maximum atomic E-state index is 13.1. The van der Waals surface area contributed by atoms with Crippen LogP contribution in [-0.2, 0) is 9.59 Å². The lowest BCUT2D eigenvalue weighted by atomic mass is 10.1. The SMILES string of the molecule is CCOc1ccc(C2=C(Cl)C(=O)N(c3cccc4ccccc34)C2=O)cc1.